The maximum Gasteiger partial charge on any atom is 0.237 e. The molecule has 37 heavy (non-hydrogen) atoms. The lowest BCUT2D eigenvalue weighted by atomic mass is 9.85. The van der Waals surface area contributed by atoms with E-state index < -0.39 is 22.1 Å². The van der Waals surface area contributed by atoms with Crippen LogP contribution in [-0.2, 0) is 26.0 Å². The number of piperidine rings is 1. The number of ketones is 1. The second kappa shape index (κ2) is 13.1. The monoisotopic (exact) mass is 526 g/mol. The van der Waals surface area contributed by atoms with E-state index in [-0.39, 0.29) is 24.2 Å². The summed E-state index contributed by atoms with van der Waals surface area (Å²) in [6.07, 6.45) is 3.48. The first-order chi connectivity index (χ1) is 17.5. The number of likely N-dealkylation sites (tertiary alicyclic amines) is 1. The molecule has 0 radical (unpaired) electrons. The van der Waals surface area contributed by atoms with Gasteiger partial charge in [-0.2, -0.15) is 0 Å². The van der Waals surface area contributed by atoms with Gasteiger partial charge >= 0.3 is 0 Å². The van der Waals surface area contributed by atoms with Gasteiger partial charge in [-0.15, -0.1) is 0 Å². The van der Waals surface area contributed by atoms with Crippen molar-refractivity contribution in [1.82, 2.24) is 14.9 Å². The summed E-state index contributed by atoms with van der Waals surface area (Å²) in [4.78, 5) is 28.2. The number of benzene rings is 2. The molecule has 0 aliphatic carbocycles. The summed E-state index contributed by atoms with van der Waals surface area (Å²) >= 11 is 0. The van der Waals surface area contributed by atoms with Crippen molar-refractivity contribution in [2.24, 2.45) is 0 Å². The summed E-state index contributed by atoms with van der Waals surface area (Å²) in [6.45, 7) is 4.76. The predicted octanol–water partition coefficient (Wildman–Crippen LogP) is 2.88. The topological polar surface area (TPSA) is 119 Å². The SMILES string of the molecule is CC(=N)c1ccc(CCC(=O)[C@H](C)NC(=O)[C@H]2C[C@@H](c3ccccc3)CCN2CCNS(C)(=O)=O)cc1. The van der Waals surface area contributed by atoms with E-state index in [1.54, 1.807) is 13.8 Å². The highest BCUT2D eigenvalue weighted by Gasteiger charge is 2.34. The predicted molar refractivity (Wildman–Crippen MR) is 147 cm³/mol. The van der Waals surface area contributed by atoms with E-state index in [0.717, 1.165) is 23.8 Å². The minimum absolute atomic E-state index is 0.0404. The Labute approximate surface area is 220 Å². The Morgan fingerprint density at radius 1 is 1.11 bits per heavy atom. The molecular weight excluding hydrogens is 488 g/mol. The molecule has 8 nitrogen and oxygen atoms in total. The average Bonchev–Trinajstić information content (AvgIpc) is 2.87. The largest absolute Gasteiger partial charge is 0.345 e. The first-order valence-electron chi connectivity index (χ1n) is 12.7. The van der Waals surface area contributed by atoms with Crippen molar-refractivity contribution in [3.05, 3.63) is 71.3 Å². The van der Waals surface area contributed by atoms with E-state index in [1.807, 2.05) is 47.4 Å². The third-order valence-corrected chi connectivity index (χ3v) is 7.67. The average molecular weight is 527 g/mol. The first-order valence-corrected chi connectivity index (χ1v) is 14.6. The van der Waals surface area contributed by atoms with Crippen molar-refractivity contribution in [1.29, 1.82) is 5.41 Å². The van der Waals surface area contributed by atoms with Crippen molar-refractivity contribution >= 4 is 27.4 Å². The van der Waals surface area contributed by atoms with Crippen LogP contribution in [0.3, 0.4) is 0 Å². The number of carbonyl (C=O) groups excluding carboxylic acids is 2. The van der Waals surface area contributed by atoms with Crippen LogP contribution in [0.5, 0.6) is 0 Å². The molecule has 0 saturated carbocycles. The van der Waals surface area contributed by atoms with Crippen molar-refractivity contribution in [2.75, 3.05) is 25.9 Å². The first kappa shape index (κ1) is 28.7. The van der Waals surface area contributed by atoms with Gasteiger partial charge in [0.15, 0.2) is 5.78 Å². The zero-order valence-corrected chi connectivity index (χ0v) is 22.7. The Balaban J connectivity index is 1.61. The second-order valence-corrected chi connectivity index (χ2v) is 11.7. The van der Waals surface area contributed by atoms with Gasteiger partial charge < -0.3 is 10.7 Å². The number of Topliss-reactive ketones (excluding diaryl/α,β-unsaturated/α-hetero) is 1. The van der Waals surface area contributed by atoms with Crippen LogP contribution in [0.15, 0.2) is 54.6 Å². The molecule has 3 N–H and O–H groups in total. The highest BCUT2D eigenvalue weighted by atomic mass is 32.2. The third-order valence-electron chi connectivity index (χ3n) is 6.94. The van der Waals surface area contributed by atoms with E-state index in [4.69, 9.17) is 5.41 Å². The molecule has 2 aromatic rings. The van der Waals surface area contributed by atoms with E-state index >= 15 is 0 Å². The fraction of sp³-hybridized carbons (Fsp3) is 0.464. The lowest BCUT2D eigenvalue weighted by Gasteiger charge is -2.39. The summed E-state index contributed by atoms with van der Waals surface area (Å²) in [6, 6.07) is 16.6. The molecule has 2 aromatic carbocycles. The van der Waals surface area contributed by atoms with Gasteiger partial charge in [-0.3, -0.25) is 14.5 Å². The molecule has 1 fully saturated rings. The number of nitrogens with one attached hydrogen (secondary N) is 3. The fourth-order valence-electron chi connectivity index (χ4n) is 4.75. The van der Waals surface area contributed by atoms with Crippen molar-refractivity contribution in [2.45, 2.75) is 57.5 Å². The number of rotatable bonds is 12. The maximum absolute atomic E-state index is 13.4. The molecule has 3 rings (SSSR count). The number of hydrogen-bond donors (Lipinski definition) is 3. The van der Waals surface area contributed by atoms with Gasteiger partial charge in [-0.25, -0.2) is 13.1 Å². The Morgan fingerprint density at radius 3 is 2.41 bits per heavy atom. The van der Waals surface area contributed by atoms with Gasteiger partial charge in [0, 0.05) is 25.2 Å². The highest BCUT2D eigenvalue weighted by Crippen LogP contribution is 2.31. The van der Waals surface area contributed by atoms with Gasteiger partial charge in [0.2, 0.25) is 15.9 Å². The molecule has 1 aliphatic heterocycles. The standard InChI is InChI=1S/C28H38N4O4S/c1-20(29)23-12-9-22(10-13-23)11-14-27(33)21(2)31-28(34)26-19-25(24-7-5-4-6-8-24)15-17-32(26)18-16-30-37(3,35)36/h4-10,12-13,21,25-26,29-30H,11,14-19H2,1-3H3,(H,31,34)/t21-,25-,26+/m0/s1. The van der Waals surface area contributed by atoms with Crippen molar-refractivity contribution in [3.8, 4) is 0 Å². The number of sulfonamides is 1. The third kappa shape index (κ3) is 8.87. The van der Waals surface area contributed by atoms with Crippen LogP contribution in [0.4, 0.5) is 0 Å². The van der Waals surface area contributed by atoms with Crippen LogP contribution in [-0.4, -0.2) is 68.7 Å². The van der Waals surface area contributed by atoms with Crippen LogP contribution in [0.25, 0.3) is 0 Å². The lowest BCUT2D eigenvalue weighted by molar-refractivity contribution is -0.132. The molecule has 0 unspecified atom stereocenters. The van der Waals surface area contributed by atoms with E-state index in [1.165, 1.54) is 5.56 Å². The molecule has 9 heteroatoms. The number of hydrogen-bond acceptors (Lipinski definition) is 6. The van der Waals surface area contributed by atoms with E-state index in [2.05, 4.69) is 22.2 Å². The zero-order chi connectivity index (χ0) is 27.0. The van der Waals surface area contributed by atoms with Crippen molar-refractivity contribution < 1.29 is 18.0 Å². The number of amides is 1. The Morgan fingerprint density at radius 2 is 1.78 bits per heavy atom. The van der Waals surface area contributed by atoms with E-state index in [0.29, 0.717) is 38.1 Å². The minimum atomic E-state index is -3.32. The van der Waals surface area contributed by atoms with Crippen LogP contribution in [0, 0.1) is 5.41 Å². The summed E-state index contributed by atoms with van der Waals surface area (Å²) in [5.74, 6) is -0.0253. The minimum Gasteiger partial charge on any atom is -0.345 e. The van der Waals surface area contributed by atoms with Gasteiger partial charge in [-0.05, 0) is 62.3 Å². The van der Waals surface area contributed by atoms with Crippen LogP contribution in [0.2, 0.25) is 0 Å². The fourth-order valence-corrected chi connectivity index (χ4v) is 5.21. The number of nitrogens with zero attached hydrogens (tertiary/aromatic N) is 1. The normalized spacial score (nSPS) is 19.2. The second-order valence-electron chi connectivity index (χ2n) is 9.87. The van der Waals surface area contributed by atoms with Gasteiger partial charge in [-0.1, -0.05) is 54.6 Å². The van der Waals surface area contributed by atoms with Crippen molar-refractivity contribution in [3.63, 3.8) is 0 Å². The summed E-state index contributed by atoms with van der Waals surface area (Å²) in [7, 11) is -3.32. The molecule has 1 amide bonds. The molecule has 1 saturated heterocycles. The highest BCUT2D eigenvalue weighted by molar-refractivity contribution is 7.88. The Kier molecular flexibility index (Phi) is 10.1. The number of carbonyl (C=O) groups is 2. The summed E-state index contributed by atoms with van der Waals surface area (Å²) in [5.41, 5.74) is 3.55. The smallest absolute Gasteiger partial charge is 0.237 e. The van der Waals surface area contributed by atoms with Gasteiger partial charge in [0.05, 0.1) is 18.3 Å². The summed E-state index contributed by atoms with van der Waals surface area (Å²) < 4.78 is 25.5. The molecule has 0 spiro atoms. The Hall–Kier alpha value is -2.88. The van der Waals surface area contributed by atoms with E-state index in [9.17, 15) is 18.0 Å². The maximum atomic E-state index is 13.4. The quantitative estimate of drug-likeness (QED) is 0.368. The zero-order valence-electron chi connectivity index (χ0n) is 21.9. The molecule has 3 atom stereocenters. The van der Waals surface area contributed by atoms with Gasteiger partial charge in [0.1, 0.15) is 0 Å². The lowest BCUT2D eigenvalue weighted by Crippen LogP contribution is -2.55. The van der Waals surface area contributed by atoms with Crippen LogP contribution >= 0.6 is 0 Å². The molecular formula is C28H38N4O4S. The van der Waals surface area contributed by atoms with Crippen LogP contribution in [0.1, 0.15) is 55.7 Å². The molecule has 200 valence electrons. The van der Waals surface area contributed by atoms with Gasteiger partial charge in [0.25, 0.3) is 0 Å². The molecule has 0 aromatic heterocycles. The Bertz CT molecular complexity index is 1180. The molecule has 1 aliphatic rings. The molecule has 1 heterocycles. The number of aryl methyl sites for hydroxylation is 1. The summed E-state index contributed by atoms with van der Waals surface area (Å²) in [5, 5.41) is 10.6. The van der Waals surface area contributed by atoms with Crippen LogP contribution < -0.4 is 10.0 Å². The molecule has 0 bridgehead atoms.